The van der Waals surface area contributed by atoms with Crippen molar-refractivity contribution in [2.45, 2.75) is 6.92 Å². The molecule has 0 aromatic heterocycles. The summed E-state index contributed by atoms with van der Waals surface area (Å²) in [7, 11) is -3.39. The lowest BCUT2D eigenvalue weighted by Gasteiger charge is -2.10. The van der Waals surface area contributed by atoms with Crippen LogP contribution in [-0.2, 0) is 14.8 Å². The van der Waals surface area contributed by atoms with Gasteiger partial charge >= 0.3 is 5.97 Å². The lowest BCUT2D eigenvalue weighted by Crippen LogP contribution is -2.13. The highest BCUT2D eigenvalue weighted by molar-refractivity contribution is 7.92. The maximum Gasteiger partial charge on any atom is 0.338 e. The molecule has 2 rings (SSSR count). The number of hydrogen-bond acceptors (Lipinski definition) is 5. The molecule has 0 saturated carbocycles. The number of halogens is 1. The maximum absolute atomic E-state index is 12.3. The smallest absolute Gasteiger partial charge is 0.338 e. The van der Waals surface area contributed by atoms with Gasteiger partial charge in [0.05, 0.1) is 29.1 Å². The van der Waals surface area contributed by atoms with Crippen molar-refractivity contribution in [2.24, 2.45) is 0 Å². The number of hydrogen-bond donors (Lipinski definition) is 2. The summed E-state index contributed by atoms with van der Waals surface area (Å²) in [5.41, 5.74) is 1.28. The van der Waals surface area contributed by atoms with Crippen molar-refractivity contribution >= 4 is 44.9 Å². The first kappa shape index (κ1) is 19.7. The molecular weight excluding hydrogens is 380 g/mol. The maximum atomic E-state index is 12.3. The third-order valence-electron chi connectivity index (χ3n) is 3.18. The fraction of sp³-hybridized carbons (Fsp3) is 0.176. The van der Waals surface area contributed by atoms with Crippen LogP contribution in [0, 0.1) is 0 Å². The van der Waals surface area contributed by atoms with Crippen LogP contribution in [0.15, 0.2) is 42.5 Å². The van der Waals surface area contributed by atoms with E-state index in [9.17, 15) is 18.0 Å². The van der Waals surface area contributed by atoms with E-state index in [1.165, 1.54) is 42.5 Å². The van der Waals surface area contributed by atoms with Crippen LogP contribution in [0.1, 0.15) is 27.6 Å². The monoisotopic (exact) mass is 396 g/mol. The Labute approximate surface area is 156 Å². The number of ether oxygens (including phenoxy) is 1. The summed E-state index contributed by atoms with van der Waals surface area (Å²) < 4.78 is 29.5. The predicted molar refractivity (Wildman–Crippen MR) is 100 cm³/mol. The lowest BCUT2D eigenvalue weighted by molar-refractivity contribution is 0.0526. The van der Waals surface area contributed by atoms with Gasteiger partial charge < -0.3 is 10.1 Å². The van der Waals surface area contributed by atoms with Gasteiger partial charge in [-0.2, -0.15) is 0 Å². The average molecular weight is 397 g/mol. The van der Waals surface area contributed by atoms with Gasteiger partial charge in [-0.3, -0.25) is 9.52 Å². The van der Waals surface area contributed by atoms with Gasteiger partial charge in [0, 0.05) is 11.3 Å². The summed E-state index contributed by atoms with van der Waals surface area (Å²) in [6.07, 6.45) is 1.04. The summed E-state index contributed by atoms with van der Waals surface area (Å²) in [4.78, 5) is 23.9. The molecule has 0 radical (unpaired) electrons. The summed E-state index contributed by atoms with van der Waals surface area (Å²) in [6.45, 7) is 1.95. The van der Waals surface area contributed by atoms with Gasteiger partial charge in [-0.25, -0.2) is 13.2 Å². The number of nitrogens with one attached hydrogen (secondary N) is 2. The number of carbonyl (C=O) groups is 2. The normalized spacial score (nSPS) is 10.9. The molecule has 0 fully saturated rings. The minimum Gasteiger partial charge on any atom is -0.462 e. The molecule has 0 aliphatic heterocycles. The summed E-state index contributed by atoms with van der Waals surface area (Å²) in [6, 6.07) is 10.3. The van der Waals surface area contributed by atoms with Crippen molar-refractivity contribution in [1.82, 2.24) is 0 Å². The Balaban J connectivity index is 2.11. The van der Waals surface area contributed by atoms with Crippen molar-refractivity contribution in [1.29, 1.82) is 0 Å². The van der Waals surface area contributed by atoms with Crippen molar-refractivity contribution in [2.75, 3.05) is 22.9 Å². The first-order chi connectivity index (χ1) is 12.2. The Bertz CT molecular complexity index is 927. The molecule has 0 atom stereocenters. The van der Waals surface area contributed by atoms with Crippen LogP contribution in [0.4, 0.5) is 11.4 Å². The summed E-state index contributed by atoms with van der Waals surface area (Å²) in [5, 5.41) is 2.82. The number of rotatable bonds is 6. The fourth-order valence-corrected chi connectivity index (χ4v) is 2.85. The molecule has 26 heavy (non-hydrogen) atoms. The van der Waals surface area contributed by atoms with Crippen molar-refractivity contribution in [3.05, 3.63) is 58.6 Å². The highest BCUT2D eigenvalue weighted by atomic mass is 35.5. The van der Waals surface area contributed by atoms with Gasteiger partial charge in [0.2, 0.25) is 10.0 Å². The third kappa shape index (κ3) is 5.47. The Kier molecular flexibility index (Phi) is 6.23. The molecule has 0 aliphatic rings. The van der Waals surface area contributed by atoms with E-state index in [1.54, 1.807) is 6.92 Å². The largest absolute Gasteiger partial charge is 0.462 e. The van der Waals surface area contributed by atoms with Crippen molar-refractivity contribution in [3.8, 4) is 0 Å². The van der Waals surface area contributed by atoms with Gasteiger partial charge in [0.25, 0.3) is 5.91 Å². The molecule has 0 aliphatic carbocycles. The SMILES string of the molecule is CCOC(=O)c1ccc(NC(=O)c2ccc(NS(C)(=O)=O)cc2)c(Cl)c1. The van der Waals surface area contributed by atoms with Crippen molar-refractivity contribution in [3.63, 3.8) is 0 Å². The second-order valence-electron chi connectivity index (χ2n) is 5.32. The molecule has 0 bridgehead atoms. The van der Waals surface area contributed by atoms with E-state index in [2.05, 4.69) is 10.0 Å². The van der Waals surface area contributed by atoms with Gasteiger partial charge in [-0.15, -0.1) is 0 Å². The van der Waals surface area contributed by atoms with Crippen LogP contribution in [0.25, 0.3) is 0 Å². The van der Waals surface area contributed by atoms with Crippen LogP contribution in [0.5, 0.6) is 0 Å². The number of carbonyl (C=O) groups excluding carboxylic acids is 2. The van der Waals surface area contributed by atoms with Gasteiger partial charge in [0.15, 0.2) is 0 Å². The van der Waals surface area contributed by atoms with Gasteiger partial charge in [-0.1, -0.05) is 11.6 Å². The topological polar surface area (TPSA) is 102 Å². The third-order valence-corrected chi connectivity index (χ3v) is 4.10. The minimum absolute atomic E-state index is 0.194. The number of benzene rings is 2. The van der Waals surface area contributed by atoms with Crippen LogP contribution < -0.4 is 10.0 Å². The van der Waals surface area contributed by atoms with Crippen LogP contribution in [0.3, 0.4) is 0 Å². The van der Waals surface area contributed by atoms with E-state index in [4.69, 9.17) is 16.3 Å². The molecule has 7 nitrogen and oxygen atoms in total. The van der Waals surface area contributed by atoms with Gasteiger partial charge in [-0.05, 0) is 49.4 Å². The standard InChI is InChI=1S/C17H17ClN2O5S/c1-3-25-17(22)12-6-9-15(14(18)10-12)19-16(21)11-4-7-13(8-5-11)20-26(2,23)24/h4-10,20H,3H2,1-2H3,(H,19,21). The average Bonchev–Trinajstić information content (AvgIpc) is 2.56. The van der Waals surface area contributed by atoms with E-state index in [0.29, 0.717) is 16.9 Å². The zero-order valence-corrected chi connectivity index (χ0v) is 15.6. The molecule has 2 aromatic carbocycles. The van der Waals surface area contributed by atoms with Crippen molar-refractivity contribution < 1.29 is 22.7 Å². The Morgan fingerprint density at radius 2 is 1.69 bits per heavy atom. The first-order valence-corrected chi connectivity index (χ1v) is 9.82. The minimum atomic E-state index is -3.39. The van der Waals surface area contributed by atoms with E-state index in [1.807, 2.05) is 0 Å². The van der Waals surface area contributed by atoms with Crippen LogP contribution >= 0.6 is 11.6 Å². The van der Waals surface area contributed by atoms with Crippen LogP contribution in [0.2, 0.25) is 5.02 Å². The first-order valence-electron chi connectivity index (χ1n) is 7.55. The van der Waals surface area contributed by atoms with E-state index in [-0.39, 0.29) is 17.2 Å². The quantitative estimate of drug-likeness (QED) is 0.730. The molecule has 9 heteroatoms. The van der Waals surface area contributed by atoms with E-state index >= 15 is 0 Å². The fourth-order valence-electron chi connectivity index (χ4n) is 2.06. The second kappa shape index (κ2) is 8.20. The molecule has 0 unspecified atom stereocenters. The molecule has 138 valence electrons. The van der Waals surface area contributed by atoms with Crippen LogP contribution in [-0.4, -0.2) is 33.2 Å². The number of sulfonamides is 1. The number of amides is 1. The molecule has 1 amide bonds. The highest BCUT2D eigenvalue weighted by Gasteiger charge is 2.13. The lowest BCUT2D eigenvalue weighted by atomic mass is 10.1. The Hall–Kier alpha value is -2.58. The number of anilines is 2. The summed E-state index contributed by atoms with van der Waals surface area (Å²) >= 11 is 6.10. The molecule has 0 spiro atoms. The second-order valence-corrected chi connectivity index (χ2v) is 7.48. The zero-order chi connectivity index (χ0) is 19.3. The molecule has 0 saturated heterocycles. The zero-order valence-electron chi connectivity index (χ0n) is 14.1. The van der Waals surface area contributed by atoms with E-state index in [0.717, 1.165) is 6.26 Å². The Morgan fingerprint density at radius 3 is 2.23 bits per heavy atom. The molecular formula is C17H17ClN2O5S. The Morgan fingerprint density at radius 1 is 1.08 bits per heavy atom. The summed E-state index contributed by atoms with van der Waals surface area (Å²) in [5.74, 6) is -0.928. The molecule has 2 aromatic rings. The highest BCUT2D eigenvalue weighted by Crippen LogP contribution is 2.24. The number of esters is 1. The molecule has 0 heterocycles. The molecule has 2 N–H and O–H groups in total. The predicted octanol–water partition coefficient (Wildman–Crippen LogP) is 3.14. The van der Waals surface area contributed by atoms with E-state index < -0.39 is 21.9 Å². The van der Waals surface area contributed by atoms with Gasteiger partial charge in [0.1, 0.15) is 0 Å².